The van der Waals surface area contributed by atoms with Crippen LogP contribution in [0.3, 0.4) is 0 Å². The Balaban J connectivity index is 3.38. The first-order chi connectivity index (χ1) is 4.81. The summed E-state index contributed by atoms with van der Waals surface area (Å²) in [4.78, 5) is 3.96. The molecule has 0 radical (unpaired) electrons. The molecule has 0 spiro atoms. The fourth-order valence-corrected chi connectivity index (χ4v) is 0.793. The van der Waals surface area contributed by atoms with E-state index >= 15 is 0 Å². The number of aliphatic imine (C=N–C) groups is 1. The van der Waals surface area contributed by atoms with E-state index in [0.29, 0.717) is 5.92 Å². The van der Waals surface area contributed by atoms with Crippen molar-refractivity contribution in [1.82, 2.24) is 0 Å². The number of allylic oxidation sites excluding steroid dienone is 2. The molecule has 0 rings (SSSR count). The van der Waals surface area contributed by atoms with Crippen LogP contribution in [0.5, 0.6) is 0 Å². The van der Waals surface area contributed by atoms with Gasteiger partial charge in [-0.05, 0) is 18.8 Å². The standard InChI is InChI=1S/C9H17N/c1-4-5-6-7-9(2)8-10-3/h5-6,8-9H,4,7H2,1-3H3/b6-5+,10-8+. The summed E-state index contributed by atoms with van der Waals surface area (Å²) in [7, 11) is 1.82. The molecule has 0 saturated carbocycles. The van der Waals surface area contributed by atoms with Crippen LogP contribution in [-0.2, 0) is 0 Å². The van der Waals surface area contributed by atoms with Gasteiger partial charge in [0, 0.05) is 13.3 Å². The second-order valence-electron chi connectivity index (χ2n) is 2.50. The Morgan fingerprint density at radius 3 is 2.60 bits per heavy atom. The fourth-order valence-electron chi connectivity index (χ4n) is 0.793. The summed E-state index contributed by atoms with van der Waals surface area (Å²) in [6.07, 6.45) is 8.65. The van der Waals surface area contributed by atoms with Gasteiger partial charge in [-0.25, -0.2) is 0 Å². The van der Waals surface area contributed by atoms with Crippen molar-refractivity contribution in [1.29, 1.82) is 0 Å². The quantitative estimate of drug-likeness (QED) is 0.419. The monoisotopic (exact) mass is 139 g/mol. The zero-order valence-corrected chi connectivity index (χ0v) is 7.17. The maximum atomic E-state index is 3.96. The van der Waals surface area contributed by atoms with E-state index in [-0.39, 0.29) is 0 Å². The zero-order valence-electron chi connectivity index (χ0n) is 7.17. The highest BCUT2D eigenvalue weighted by Crippen LogP contribution is 1.99. The molecule has 0 aromatic rings. The van der Waals surface area contributed by atoms with Crippen molar-refractivity contribution in [3.63, 3.8) is 0 Å². The van der Waals surface area contributed by atoms with Crippen molar-refractivity contribution in [2.45, 2.75) is 26.7 Å². The Hall–Kier alpha value is -0.590. The number of hydrogen-bond donors (Lipinski definition) is 0. The van der Waals surface area contributed by atoms with Gasteiger partial charge in [0.2, 0.25) is 0 Å². The third-order valence-electron chi connectivity index (χ3n) is 1.31. The second kappa shape index (κ2) is 6.53. The number of hydrogen-bond acceptors (Lipinski definition) is 1. The van der Waals surface area contributed by atoms with Crippen molar-refractivity contribution in [2.75, 3.05) is 7.05 Å². The van der Waals surface area contributed by atoms with E-state index in [1.165, 1.54) is 0 Å². The van der Waals surface area contributed by atoms with Gasteiger partial charge in [-0.15, -0.1) is 0 Å². The molecule has 0 saturated heterocycles. The summed E-state index contributed by atoms with van der Waals surface area (Å²) in [5, 5.41) is 0. The Bertz CT molecular complexity index is 114. The van der Waals surface area contributed by atoms with Crippen molar-refractivity contribution in [3.05, 3.63) is 12.2 Å². The lowest BCUT2D eigenvalue weighted by molar-refractivity contribution is 0.804. The molecule has 1 atom stereocenters. The van der Waals surface area contributed by atoms with Crippen LogP contribution >= 0.6 is 0 Å². The third kappa shape index (κ3) is 5.54. The SMILES string of the molecule is CC/C=C/CC(C)/C=N/C. The molecule has 0 aromatic carbocycles. The minimum Gasteiger partial charge on any atom is -0.301 e. The summed E-state index contributed by atoms with van der Waals surface area (Å²) >= 11 is 0. The zero-order chi connectivity index (χ0) is 7.82. The normalized spacial score (nSPS) is 15.1. The highest BCUT2D eigenvalue weighted by atomic mass is 14.6. The van der Waals surface area contributed by atoms with Gasteiger partial charge in [-0.1, -0.05) is 26.0 Å². The summed E-state index contributed by atoms with van der Waals surface area (Å²) < 4.78 is 0. The van der Waals surface area contributed by atoms with Crippen LogP contribution in [0, 0.1) is 5.92 Å². The predicted molar refractivity (Wildman–Crippen MR) is 47.6 cm³/mol. The lowest BCUT2D eigenvalue weighted by atomic mass is 10.1. The minimum absolute atomic E-state index is 0.591. The van der Waals surface area contributed by atoms with E-state index in [1.54, 1.807) is 0 Å². The molecular weight excluding hydrogens is 122 g/mol. The number of rotatable bonds is 4. The Morgan fingerprint density at radius 1 is 1.40 bits per heavy atom. The third-order valence-corrected chi connectivity index (χ3v) is 1.31. The van der Waals surface area contributed by atoms with Crippen LogP contribution in [0.2, 0.25) is 0 Å². The molecule has 0 N–H and O–H groups in total. The average Bonchev–Trinajstić information content (AvgIpc) is 1.89. The van der Waals surface area contributed by atoms with Crippen LogP contribution in [0.4, 0.5) is 0 Å². The molecule has 0 aliphatic carbocycles. The molecule has 58 valence electrons. The molecule has 0 heterocycles. The molecule has 0 amide bonds. The minimum atomic E-state index is 0.591. The first kappa shape index (κ1) is 9.41. The van der Waals surface area contributed by atoms with Gasteiger partial charge in [0.15, 0.2) is 0 Å². The Morgan fingerprint density at radius 2 is 2.10 bits per heavy atom. The van der Waals surface area contributed by atoms with Crippen molar-refractivity contribution < 1.29 is 0 Å². The molecule has 0 aliphatic rings. The lowest BCUT2D eigenvalue weighted by Gasteiger charge is -1.97. The van der Waals surface area contributed by atoms with E-state index < -0.39 is 0 Å². The highest BCUT2D eigenvalue weighted by Gasteiger charge is 1.90. The first-order valence-electron chi connectivity index (χ1n) is 3.88. The molecule has 0 fully saturated rings. The van der Waals surface area contributed by atoms with Crippen LogP contribution in [0.25, 0.3) is 0 Å². The van der Waals surface area contributed by atoms with Gasteiger partial charge in [0.05, 0.1) is 0 Å². The van der Waals surface area contributed by atoms with Crippen molar-refractivity contribution in [2.24, 2.45) is 10.9 Å². The highest BCUT2D eigenvalue weighted by molar-refractivity contribution is 5.60. The molecule has 1 heteroatoms. The smallest absolute Gasteiger partial charge is 0.0273 e. The molecule has 0 bridgehead atoms. The summed E-state index contributed by atoms with van der Waals surface area (Å²) in [6.45, 7) is 4.32. The van der Waals surface area contributed by atoms with Gasteiger partial charge < -0.3 is 4.99 Å². The lowest BCUT2D eigenvalue weighted by Crippen LogP contribution is -1.92. The van der Waals surface area contributed by atoms with Gasteiger partial charge in [-0.3, -0.25) is 0 Å². The summed E-state index contributed by atoms with van der Waals surface area (Å²) in [6, 6.07) is 0. The molecule has 10 heavy (non-hydrogen) atoms. The first-order valence-corrected chi connectivity index (χ1v) is 3.88. The predicted octanol–water partition coefficient (Wildman–Crippen LogP) is 2.68. The van der Waals surface area contributed by atoms with E-state index in [9.17, 15) is 0 Å². The molecular formula is C9H17N. The average molecular weight is 139 g/mol. The maximum absolute atomic E-state index is 3.96. The molecule has 1 unspecified atom stereocenters. The van der Waals surface area contributed by atoms with Gasteiger partial charge in [0.25, 0.3) is 0 Å². The van der Waals surface area contributed by atoms with Crippen LogP contribution in [0.1, 0.15) is 26.7 Å². The summed E-state index contributed by atoms with van der Waals surface area (Å²) in [5.41, 5.74) is 0. The fraction of sp³-hybridized carbons (Fsp3) is 0.667. The van der Waals surface area contributed by atoms with Crippen LogP contribution in [0.15, 0.2) is 17.1 Å². The second-order valence-corrected chi connectivity index (χ2v) is 2.50. The Kier molecular flexibility index (Phi) is 6.14. The van der Waals surface area contributed by atoms with Gasteiger partial charge >= 0.3 is 0 Å². The van der Waals surface area contributed by atoms with Crippen LogP contribution in [-0.4, -0.2) is 13.3 Å². The van der Waals surface area contributed by atoms with E-state index in [4.69, 9.17) is 0 Å². The van der Waals surface area contributed by atoms with Crippen molar-refractivity contribution >= 4 is 6.21 Å². The van der Waals surface area contributed by atoms with Gasteiger partial charge in [-0.2, -0.15) is 0 Å². The van der Waals surface area contributed by atoms with Crippen LogP contribution < -0.4 is 0 Å². The van der Waals surface area contributed by atoms with E-state index in [0.717, 1.165) is 12.8 Å². The van der Waals surface area contributed by atoms with E-state index in [1.807, 2.05) is 13.3 Å². The van der Waals surface area contributed by atoms with Gasteiger partial charge in [0.1, 0.15) is 0 Å². The number of nitrogens with zero attached hydrogens (tertiary/aromatic N) is 1. The summed E-state index contributed by atoms with van der Waals surface area (Å²) in [5.74, 6) is 0.591. The largest absolute Gasteiger partial charge is 0.301 e. The molecule has 1 nitrogen and oxygen atoms in total. The van der Waals surface area contributed by atoms with E-state index in [2.05, 4.69) is 31.0 Å². The molecule has 0 aromatic heterocycles. The topological polar surface area (TPSA) is 12.4 Å². The Labute approximate surface area is 63.9 Å². The maximum Gasteiger partial charge on any atom is 0.0273 e. The molecule has 0 aliphatic heterocycles. The van der Waals surface area contributed by atoms with Crippen molar-refractivity contribution in [3.8, 4) is 0 Å².